The van der Waals surface area contributed by atoms with Crippen LogP contribution in [0.3, 0.4) is 0 Å². The van der Waals surface area contributed by atoms with E-state index in [0.29, 0.717) is 23.8 Å². The summed E-state index contributed by atoms with van der Waals surface area (Å²) in [6.45, 7) is 0. The monoisotopic (exact) mass is 377 g/mol. The summed E-state index contributed by atoms with van der Waals surface area (Å²) in [5, 5.41) is 7.60. The number of aromatic nitrogens is 2. The fourth-order valence-electron chi connectivity index (χ4n) is 3.86. The van der Waals surface area contributed by atoms with Gasteiger partial charge in [0.15, 0.2) is 0 Å². The quantitative estimate of drug-likeness (QED) is 0.609. The Morgan fingerprint density at radius 2 is 1.86 bits per heavy atom. The molecule has 1 fully saturated rings. The van der Waals surface area contributed by atoms with Gasteiger partial charge in [0.1, 0.15) is 11.6 Å². The van der Waals surface area contributed by atoms with Crippen LogP contribution >= 0.6 is 0 Å². The van der Waals surface area contributed by atoms with Crippen molar-refractivity contribution in [2.24, 2.45) is 5.92 Å². The molecule has 0 atom stereocenters. The molecule has 1 N–H and O–H groups in total. The van der Waals surface area contributed by atoms with E-state index in [4.69, 9.17) is 0 Å². The molecule has 0 aliphatic heterocycles. The summed E-state index contributed by atoms with van der Waals surface area (Å²) in [5.41, 5.74) is 2.25. The van der Waals surface area contributed by atoms with Crippen LogP contribution in [0, 0.1) is 11.7 Å². The number of halogens is 1. The van der Waals surface area contributed by atoms with Crippen LogP contribution in [0.5, 0.6) is 0 Å². The Morgan fingerprint density at radius 1 is 1.07 bits per heavy atom. The zero-order valence-corrected chi connectivity index (χ0v) is 15.8. The molecule has 4 nitrogen and oxygen atoms in total. The molecule has 144 valence electrons. The Balaban J connectivity index is 1.58. The minimum Gasteiger partial charge on any atom is -0.311 e. The molecule has 0 spiro atoms. The molecule has 0 unspecified atom stereocenters. The van der Waals surface area contributed by atoms with E-state index in [-0.39, 0.29) is 11.7 Å². The van der Waals surface area contributed by atoms with Crippen molar-refractivity contribution in [3.63, 3.8) is 0 Å². The number of rotatable bonds is 6. The van der Waals surface area contributed by atoms with Gasteiger partial charge in [-0.05, 0) is 30.5 Å². The molecular weight excluding hydrogens is 353 g/mol. The normalized spacial score (nSPS) is 14.3. The number of nitrogens with zero attached hydrogens (tertiary/aromatic N) is 2. The first-order valence-electron chi connectivity index (χ1n) is 9.90. The standard InChI is InChI=1S/C23H24FN3O/c24-19-11-6-12-20(15-19)27-22(16-21(26-27)18-9-2-1-3-10-18)25-23(28)14-13-17-7-4-5-8-17/h1-3,6,9-12,15-17H,4-5,7-8,13-14H2,(H,25,28). The topological polar surface area (TPSA) is 46.9 Å². The summed E-state index contributed by atoms with van der Waals surface area (Å²) in [4.78, 5) is 12.5. The Hall–Kier alpha value is -2.95. The molecule has 1 saturated carbocycles. The van der Waals surface area contributed by atoms with Gasteiger partial charge in [0, 0.05) is 18.1 Å². The molecule has 1 aliphatic carbocycles. The summed E-state index contributed by atoms with van der Waals surface area (Å²) in [6.07, 6.45) is 6.43. The first-order chi connectivity index (χ1) is 13.7. The van der Waals surface area contributed by atoms with Gasteiger partial charge < -0.3 is 5.32 Å². The van der Waals surface area contributed by atoms with Gasteiger partial charge in [0.25, 0.3) is 0 Å². The number of carbonyl (C=O) groups is 1. The van der Waals surface area contributed by atoms with Gasteiger partial charge in [-0.2, -0.15) is 5.10 Å². The highest BCUT2D eigenvalue weighted by Crippen LogP contribution is 2.29. The number of anilines is 1. The van der Waals surface area contributed by atoms with E-state index < -0.39 is 0 Å². The average molecular weight is 377 g/mol. The van der Waals surface area contributed by atoms with Crippen LogP contribution in [0.2, 0.25) is 0 Å². The van der Waals surface area contributed by atoms with Gasteiger partial charge in [-0.1, -0.05) is 62.1 Å². The molecule has 5 heteroatoms. The van der Waals surface area contributed by atoms with E-state index in [2.05, 4.69) is 10.4 Å². The first-order valence-corrected chi connectivity index (χ1v) is 9.90. The van der Waals surface area contributed by atoms with Crippen molar-refractivity contribution in [1.82, 2.24) is 9.78 Å². The second kappa shape index (κ2) is 8.38. The Labute approximate surface area is 164 Å². The maximum Gasteiger partial charge on any atom is 0.225 e. The smallest absolute Gasteiger partial charge is 0.225 e. The third-order valence-electron chi connectivity index (χ3n) is 5.35. The lowest BCUT2D eigenvalue weighted by Crippen LogP contribution is -2.15. The summed E-state index contributed by atoms with van der Waals surface area (Å²) < 4.78 is 15.3. The van der Waals surface area contributed by atoms with Gasteiger partial charge in [0.05, 0.1) is 11.4 Å². The fraction of sp³-hybridized carbons (Fsp3) is 0.304. The van der Waals surface area contributed by atoms with Crippen molar-refractivity contribution in [1.29, 1.82) is 0 Å². The molecule has 1 aromatic heterocycles. The van der Waals surface area contributed by atoms with Crippen molar-refractivity contribution in [2.75, 3.05) is 5.32 Å². The van der Waals surface area contributed by atoms with Crippen LogP contribution < -0.4 is 5.32 Å². The molecule has 0 bridgehead atoms. The lowest BCUT2D eigenvalue weighted by Gasteiger charge is -2.11. The molecule has 28 heavy (non-hydrogen) atoms. The number of hydrogen-bond acceptors (Lipinski definition) is 2. The second-order valence-corrected chi connectivity index (χ2v) is 7.41. The van der Waals surface area contributed by atoms with E-state index in [1.54, 1.807) is 16.8 Å². The zero-order chi connectivity index (χ0) is 19.3. The van der Waals surface area contributed by atoms with E-state index >= 15 is 0 Å². The van der Waals surface area contributed by atoms with Crippen molar-refractivity contribution in [2.45, 2.75) is 38.5 Å². The van der Waals surface area contributed by atoms with Crippen LogP contribution in [-0.2, 0) is 4.79 Å². The van der Waals surface area contributed by atoms with Gasteiger partial charge in [-0.3, -0.25) is 4.79 Å². The van der Waals surface area contributed by atoms with Crippen LogP contribution in [0.4, 0.5) is 10.2 Å². The summed E-state index contributed by atoms with van der Waals surface area (Å²) in [7, 11) is 0. The largest absolute Gasteiger partial charge is 0.311 e. The maximum atomic E-state index is 13.7. The average Bonchev–Trinajstić information content (AvgIpc) is 3.37. The van der Waals surface area contributed by atoms with Crippen LogP contribution in [0.1, 0.15) is 38.5 Å². The molecule has 0 radical (unpaired) electrons. The van der Waals surface area contributed by atoms with Crippen molar-refractivity contribution in [3.05, 3.63) is 66.5 Å². The number of benzene rings is 2. The van der Waals surface area contributed by atoms with Crippen LogP contribution in [-0.4, -0.2) is 15.7 Å². The third-order valence-corrected chi connectivity index (χ3v) is 5.35. The predicted molar refractivity (Wildman–Crippen MR) is 109 cm³/mol. The Kier molecular flexibility index (Phi) is 5.51. The van der Waals surface area contributed by atoms with E-state index in [1.165, 1.54) is 37.8 Å². The van der Waals surface area contributed by atoms with Crippen LogP contribution in [0.25, 0.3) is 16.9 Å². The van der Waals surface area contributed by atoms with Gasteiger partial charge in [0.2, 0.25) is 5.91 Å². The highest BCUT2D eigenvalue weighted by atomic mass is 19.1. The van der Waals surface area contributed by atoms with Crippen molar-refractivity contribution in [3.8, 4) is 16.9 Å². The number of nitrogens with one attached hydrogen (secondary N) is 1. The highest BCUT2D eigenvalue weighted by Gasteiger charge is 2.18. The van der Waals surface area contributed by atoms with Crippen LogP contribution in [0.15, 0.2) is 60.7 Å². The minimum atomic E-state index is -0.340. The summed E-state index contributed by atoms with van der Waals surface area (Å²) in [5.74, 6) is 0.858. The Morgan fingerprint density at radius 3 is 2.61 bits per heavy atom. The summed E-state index contributed by atoms with van der Waals surface area (Å²) in [6, 6.07) is 17.8. The number of amides is 1. The number of hydrogen-bond donors (Lipinski definition) is 1. The molecule has 2 aromatic carbocycles. The van der Waals surface area contributed by atoms with Gasteiger partial charge >= 0.3 is 0 Å². The zero-order valence-electron chi connectivity index (χ0n) is 15.8. The molecule has 1 aliphatic rings. The Bertz CT molecular complexity index is 945. The van der Waals surface area contributed by atoms with Crippen molar-refractivity contribution >= 4 is 11.7 Å². The molecule has 3 aromatic rings. The lowest BCUT2D eigenvalue weighted by molar-refractivity contribution is -0.116. The van der Waals surface area contributed by atoms with E-state index in [1.807, 2.05) is 36.4 Å². The summed E-state index contributed by atoms with van der Waals surface area (Å²) >= 11 is 0. The predicted octanol–water partition coefficient (Wildman–Crippen LogP) is 5.59. The van der Waals surface area contributed by atoms with E-state index in [9.17, 15) is 9.18 Å². The molecule has 4 rings (SSSR count). The minimum absolute atomic E-state index is 0.0240. The molecular formula is C23H24FN3O. The second-order valence-electron chi connectivity index (χ2n) is 7.41. The van der Waals surface area contributed by atoms with Crippen molar-refractivity contribution < 1.29 is 9.18 Å². The van der Waals surface area contributed by atoms with Gasteiger partial charge in [-0.25, -0.2) is 9.07 Å². The number of carbonyl (C=O) groups excluding carboxylic acids is 1. The maximum absolute atomic E-state index is 13.7. The lowest BCUT2D eigenvalue weighted by atomic mass is 10.0. The highest BCUT2D eigenvalue weighted by molar-refractivity contribution is 5.90. The fourth-order valence-corrected chi connectivity index (χ4v) is 3.86. The van der Waals surface area contributed by atoms with Gasteiger partial charge in [-0.15, -0.1) is 0 Å². The van der Waals surface area contributed by atoms with E-state index in [0.717, 1.165) is 17.7 Å². The molecule has 1 amide bonds. The molecule has 0 saturated heterocycles. The third kappa shape index (κ3) is 4.30. The molecule has 1 heterocycles. The SMILES string of the molecule is O=C(CCC1CCCC1)Nc1cc(-c2ccccc2)nn1-c1cccc(F)c1. The first kappa shape index (κ1) is 18.4.